The van der Waals surface area contributed by atoms with Gasteiger partial charge in [0.25, 0.3) is 5.91 Å². The molecule has 0 aliphatic carbocycles. The third-order valence-electron chi connectivity index (χ3n) is 4.92. The summed E-state index contributed by atoms with van der Waals surface area (Å²) < 4.78 is 5.81. The van der Waals surface area contributed by atoms with E-state index in [1.54, 1.807) is 19.2 Å². The highest BCUT2D eigenvalue weighted by atomic mass is 16.5. The number of nitrogens with zero attached hydrogens (tertiary/aromatic N) is 1. The van der Waals surface area contributed by atoms with E-state index in [-0.39, 0.29) is 23.7 Å². The molecule has 3 aromatic rings. The van der Waals surface area contributed by atoms with Crippen molar-refractivity contribution in [3.63, 3.8) is 0 Å². The van der Waals surface area contributed by atoms with Crippen LogP contribution in [-0.4, -0.2) is 24.0 Å². The Balaban J connectivity index is 1.59. The summed E-state index contributed by atoms with van der Waals surface area (Å²) in [6.45, 7) is 5.95. The number of ether oxygens (including phenoxy) is 1. The van der Waals surface area contributed by atoms with Crippen molar-refractivity contribution in [2.45, 2.75) is 26.8 Å². The molecule has 0 bridgehead atoms. The zero-order chi connectivity index (χ0) is 22.4. The summed E-state index contributed by atoms with van der Waals surface area (Å²) in [6.07, 6.45) is 1.52. The molecule has 1 atom stereocenters. The fourth-order valence-electron chi connectivity index (χ4n) is 2.95. The van der Waals surface area contributed by atoms with Gasteiger partial charge in [-0.2, -0.15) is 0 Å². The van der Waals surface area contributed by atoms with Crippen molar-refractivity contribution in [3.8, 4) is 11.5 Å². The number of hydrogen-bond acceptors (Lipinski definition) is 4. The number of carbonyl (C=O) groups is 2. The molecule has 3 rings (SSSR count). The minimum Gasteiger partial charge on any atom is -0.457 e. The Kier molecular flexibility index (Phi) is 6.87. The standard InChI is InChI=1S/C24H26N4O3/c1-15-5-8-19(13-16(15)2)28-24(30)27-17(3)18-6-9-20(10-7-18)31-21-11-12-26-22(14-21)23(29)25-4/h5-14,17H,1-4H3,(H,25,29)(H2,27,28,30). The SMILES string of the molecule is CNC(=O)c1cc(Oc2ccc(C(C)NC(=O)Nc3ccc(C)c(C)c3)cc2)ccn1. The Morgan fingerprint density at radius 3 is 2.35 bits per heavy atom. The molecule has 1 aromatic heterocycles. The summed E-state index contributed by atoms with van der Waals surface area (Å²) in [5.41, 5.74) is 4.27. The first-order valence-electron chi connectivity index (χ1n) is 9.96. The molecule has 1 heterocycles. The Bertz CT molecular complexity index is 1080. The van der Waals surface area contributed by atoms with Gasteiger partial charge >= 0.3 is 6.03 Å². The van der Waals surface area contributed by atoms with Crippen LogP contribution in [0.4, 0.5) is 10.5 Å². The van der Waals surface area contributed by atoms with Crippen LogP contribution < -0.4 is 20.7 Å². The first kappa shape index (κ1) is 21.8. The number of amides is 3. The minimum atomic E-state index is -0.278. The maximum Gasteiger partial charge on any atom is 0.319 e. The first-order chi connectivity index (χ1) is 14.9. The van der Waals surface area contributed by atoms with Gasteiger partial charge in [0.2, 0.25) is 0 Å². The maximum absolute atomic E-state index is 12.3. The number of benzene rings is 2. The van der Waals surface area contributed by atoms with Crippen molar-refractivity contribution in [1.82, 2.24) is 15.6 Å². The van der Waals surface area contributed by atoms with Crippen LogP contribution in [-0.2, 0) is 0 Å². The van der Waals surface area contributed by atoms with E-state index in [0.29, 0.717) is 11.5 Å². The summed E-state index contributed by atoms with van der Waals surface area (Å²) in [6, 6.07) is 16.0. The summed E-state index contributed by atoms with van der Waals surface area (Å²) in [4.78, 5) is 28.0. The normalized spacial score (nSPS) is 11.4. The van der Waals surface area contributed by atoms with E-state index >= 15 is 0 Å². The predicted molar refractivity (Wildman–Crippen MR) is 121 cm³/mol. The monoisotopic (exact) mass is 418 g/mol. The summed E-state index contributed by atoms with van der Waals surface area (Å²) in [5.74, 6) is 0.852. The Morgan fingerprint density at radius 2 is 1.68 bits per heavy atom. The van der Waals surface area contributed by atoms with Crippen molar-refractivity contribution < 1.29 is 14.3 Å². The van der Waals surface area contributed by atoms with E-state index in [1.807, 2.05) is 63.2 Å². The topological polar surface area (TPSA) is 92.4 Å². The van der Waals surface area contributed by atoms with Crippen LogP contribution in [0.5, 0.6) is 11.5 Å². The molecule has 7 nitrogen and oxygen atoms in total. The summed E-state index contributed by atoms with van der Waals surface area (Å²) >= 11 is 0. The fraction of sp³-hybridized carbons (Fsp3) is 0.208. The molecule has 0 fully saturated rings. The first-order valence-corrected chi connectivity index (χ1v) is 9.96. The second-order valence-electron chi connectivity index (χ2n) is 7.25. The average molecular weight is 418 g/mol. The highest BCUT2D eigenvalue weighted by molar-refractivity contribution is 5.92. The largest absolute Gasteiger partial charge is 0.457 e. The molecule has 7 heteroatoms. The number of rotatable bonds is 6. The van der Waals surface area contributed by atoms with E-state index in [1.165, 1.54) is 11.8 Å². The average Bonchev–Trinajstić information content (AvgIpc) is 2.76. The molecule has 0 spiro atoms. The molecule has 0 aliphatic rings. The Hall–Kier alpha value is -3.87. The predicted octanol–water partition coefficient (Wildman–Crippen LogP) is 4.73. The van der Waals surface area contributed by atoms with E-state index < -0.39 is 0 Å². The van der Waals surface area contributed by atoms with Gasteiger partial charge in [0.1, 0.15) is 17.2 Å². The molecule has 0 saturated carbocycles. The lowest BCUT2D eigenvalue weighted by atomic mass is 10.1. The van der Waals surface area contributed by atoms with Crippen LogP contribution in [0.15, 0.2) is 60.8 Å². The van der Waals surface area contributed by atoms with E-state index in [4.69, 9.17) is 4.74 Å². The molecule has 3 N–H and O–H groups in total. The fourth-order valence-corrected chi connectivity index (χ4v) is 2.95. The van der Waals surface area contributed by atoms with Gasteiger partial charge in [0.05, 0.1) is 6.04 Å². The number of aryl methyl sites for hydroxylation is 2. The zero-order valence-corrected chi connectivity index (χ0v) is 18.0. The van der Waals surface area contributed by atoms with Crippen LogP contribution in [0, 0.1) is 13.8 Å². The van der Waals surface area contributed by atoms with Gasteiger partial charge in [-0.1, -0.05) is 18.2 Å². The highest BCUT2D eigenvalue weighted by Gasteiger charge is 2.11. The molecule has 0 aliphatic heterocycles. The van der Waals surface area contributed by atoms with Crippen molar-refractivity contribution in [3.05, 3.63) is 83.2 Å². The quantitative estimate of drug-likeness (QED) is 0.539. The van der Waals surface area contributed by atoms with Gasteiger partial charge < -0.3 is 20.7 Å². The van der Waals surface area contributed by atoms with E-state index in [2.05, 4.69) is 20.9 Å². The molecular formula is C24H26N4O3. The lowest BCUT2D eigenvalue weighted by Crippen LogP contribution is -2.31. The van der Waals surface area contributed by atoms with Crippen LogP contribution in [0.2, 0.25) is 0 Å². The van der Waals surface area contributed by atoms with Crippen molar-refractivity contribution >= 4 is 17.6 Å². The molecule has 0 saturated heterocycles. The van der Waals surface area contributed by atoms with E-state index in [0.717, 1.165) is 16.8 Å². The van der Waals surface area contributed by atoms with Crippen LogP contribution in [0.25, 0.3) is 0 Å². The van der Waals surface area contributed by atoms with Gasteiger partial charge in [-0.15, -0.1) is 0 Å². The van der Waals surface area contributed by atoms with Crippen LogP contribution in [0.1, 0.15) is 40.1 Å². The number of pyridine rings is 1. The summed E-state index contributed by atoms with van der Waals surface area (Å²) in [5, 5.41) is 8.32. The van der Waals surface area contributed by atoms with Crippen LogP contribution >= 0.6 is 0 Å². The van der Waals surface area contributed by atoms with Crippen molar-refractivity contribution in [2.24, 2.45) is 0 Å². The Labute approximate surface area is 181 Å². The maximum atomic E-state index is 12.3. The number of carbonyl (C=O) groups excluding carboxylic acids is 2. The second kappa shape index (κ2) is 9.75. The van der Waals surface area contributed by atoms with Gasteiger partial charge in [-0.3, -0.25) is 9.78 Å². The van der Waals surface area contributed by atoms with Gasteiger partial charge in [-0.05, 0) is 67.8 Å². The smallest absolute Gasteiger partial charge is 0.319 e. The number of anilines is 1. The molecule has 2 aromatic carbocycles. The highest BCUT2D eigenvalue weighted by Crippen LogP contribution is 2.24. The number of nitrogens with one attached hydrogen (secondary N) is 3. The molecule has 3 amide bonds. The lowest BCUT2D eigenvalue weighted by Gasteiger charge is -2.16. The Morgan fingerprint density at radius 1 is 0.935 bits per heavy atom. The number of urea groups is 1. The van der Waals surface area contributed by atoms with Crippen molar-refractivity contribution in [1.29, 1.82) is 0 Å². The molecule has 1 unspecified atom stereocenters. The van der Waals surface area contributed by atoms with Gasteiger partial charge in [0, 0.05) is 25.0 Å². The molecule has 31 heavy (non-hydrogen) atoms. The zero-order valence-electron chi connectivity index (χ0n) is 18.0. The number of hydrogen-bond donors (Lipinski definition) is 3. The van der Waals surface area contributed by atoms with E-state index in [9.17, 15) is 9.59 Å². The van der Waals surface area contributed by atoms with Crippen molar-refractivity contribution in [2.75, 3.05) is 12.4 Å². The molecule has 160 valence electrons. The molecule has 0 radical (unpaired) electrons. The number of aromatic nitrogens is 1. The third-order valence-corrected chi connectivity index (χ3v) is 4.92. The van der Waals surface area contributed by atoms with Crippen LogP contribution in [0.3, 0.4) is 0 Å². The second-order valence-corrected chi connectivity index (χ2v) is 7.25. The van der Waals surface area contributed by atoms with Gasteiger partial charge in [0.15, 0.2) is 0 Å². The lowest BCUT2D eigenvalue weighted by molar-refractivity contribution is 0.0958. The van der Waals surface area contributed by atoms with Gasteiger partial charge in [-0.25, -0.2) is 4.79 Å². The molecular weight excluding hydrogens is 392 g/mol. The third kappa shape index (κ3) is 5.82. The summed E-state index contributed by atoms with van der Waals surface area (Å²) in [7, 11) is 1.55. The minimum absolute atomic E-state index is 0.193.